The van der Waals surface area contributed by atoms with Gasteiger partial charge in [-0.05, 0) is 49.2 Å². The molecule has 1 aromatic heterocycles. The van der Waals surface area contributed by atoms with Crippen molar-refractivity contribution in [3.05, 3.63) is 77.1 Å². The molecule has 3 aromatic rings. The van der Waals surface area contributed by atoms with Crippen molar-refractivity contribution in [3.8, 4) is 0 Å². The number of aryl methyl sites for hydroxylation is 2. The van der Waals surface area contributed by atoms with Gasteiger partial charge in [-0.25, -0.2) is 12.8 Å². The summed E-state index contributed by atoms with van der Waals surface area (Å²) >= 11 is 0. The third-order valence-corrected chi connectivity index (χ3v) is 5.45. The Hall–Kier alpha value is -3.00. The molecule has 0 radical (unpaired) electrons. The Balaban J connectivity index is 1.70. The van der Waals surface area contributed by atoms with Crippen molar-refractivity contribution in [1.82, 2.24) is 10.2 Å². The summed E-state index contributed by atoms with van der Waals surface area (Å²) in [5, 5.41) is 10.8. The topological polar surface area (TPSA) is 84.0 Å². The summed E-state index contributed by atoms with van der Waals surface area (Å²) < 4.78 is 41.2. The molecule has 0 saturated carbocycles. The zero-order valence-corrected chi connectivity index (χ0v) is 15.7. The Morgan fingerprint density at radius 3 is 2.37 bits per heavy atom. The number of hydrogen-bond donors (Lipinski definition) is 2. The fourth-order valence-electron chi connectivity index (χ4n) is 2.50. The highest BCUT2D eigenvalue weighted by Crippen LogP contribution is 2.20. The van der Waals surface area contributed by atoms with E-state index in [1.807, 2.05) is 13.0 Å². The lowest BCUT2D eigenvalue weighted by Crippen LogP contribution is -2.16. The Labute approximate surface area is 157 Å². The van der Waals surface area contributed by atoms with E-state index in [2.05, 4.69) is 20.2 Å². The monoisotopic (exact) mass is 386 g/mol. The molecule has 0 bridgehead atoms. The third kappa shape index (κ3) is 4.59. The number of benzene rings is 2. The van der Waals surface area contributed by atoms with Crippen LogP contribution in [0.5, 0.6) is 0 Å². The molecule has 27 heavy (non-hydrogen) atoms. The highest BCUT2D eigenvalue weighted by atomic mass is 32.2. The number of aromatic nitrogens is 2. The molecule has 0 aliphatic carbocycles. The normalized spacial score (nSPS) is 11.2. The molecule has 2 aromatic carbocycles. The van der Waals surface area contributed by atoms with Gasteiger partial charge in [0.25, 0.3) is 10.0 Å². The highest BCUT2D eigenvalue weighted by molar-refractivity contribution is 7.92. The molecule has 0 aliphatic rings. The van der Waals surface area contributed by atoms with Crippen molar-refractivity contribution < 1.29 is 12.8 Å². The molecule has 0 atom stereocenters. The van der Waals surface area contributed by atoms with Crippen molar-refractivity contribution in [2.75, 3.05) is 10.0 Å². The van der Waals surface area contributed by atoms with Crippen LogP contribution in [0.15, 0.2) is 59.5 Å². The van der Waals surface area contributed by atoms with Gasteiger partial charge in [0.15, 0.2) is 5.82 Å². The number of hydrogen-bond acceptors (Lipinski definition) is 5. The van der Waals surface area contributed by atoms with Gasteiger partial charge in [0.05, 0.1) is 4.90 Å². The van der Waals surface area contributed by atoms with E-state index in [-0.39, 0.29) is 23.1 Å². The summed E-state index contributed by atoms with van der Waals surface area (Å²) in [4.78, 5) is 0.200. The van der Waals surface area contributed by atoms with Crippen LogP contribution in [0.25, 0.3) is 0 Å². The first-order valence-corrected chi connectivity index (χ1v) is 9.74. The van der Waals surface area contributed by atoms with Gasteiger partial charge in [-0.1, -0.05) is 30.3 Å². The second-order valence-corrected chi connectivity index (χ2v) is 7.77. The van der Waals surface area contributed by atoms with Crippen LogP contribution in [0.1, 0.15) is 16.7 Å². The van der Waals surface area contributed by atoms with E-state index in [0.717, 1.165) is 5.56 Å². The molecule has 0 spiro atoms. The molecular formula is C19H19FN4O2S. The second kappa shape index (κ2) is 7.71. The van der Waals surface area contributed by atoms with Crippen molar-refractivity contribution in [3.63, 3.8) is 0 Å². The van der Waals surface area contributed by atoms with E-state index < -0.39 is 10.0 Å². The van der Waals surface area contributed by atoms with Gasteiger partial charge in [-0.15, -0.1) is 10.2 Å². The lowest BCUT2D eigenvalue weighted by Gasteiger charge is -2.11. The van der Waals surface area contributed by atoms with E-state index in [1.54, 1.807) is 43.3 Å². The number of rotatable bonds is 6. The van der Waals surface area contributed by atoms with E-state index in [9.17, 15) is 12.8 Å². The van der Waals surface area contributed by atoms with Crippen molar-refractivity contribution in [1.29, 1.82) is 0 Å². The molecule has 0 unspecified atom stereocenters. The largest absolute Gasteiger partial charge is 0.364 e. The average Bonchev–Trinajstić information content (AvgIpc) is 2.64. The Morgan fingerprint density at radius 2 is 1.67 bits per heavy atom. The van der Waals surface area contributed by atoms with Crippen molar-refractivity contribution >= 4 is 21.7 Å². The molecule has 140 valence electrons. The minimum absolute atomic E-state index is 0.104. The molecule has 0 amide bonds. The van der Waals surface area contributed by atoms with Crippen LogP contribution in [-0.4, -0.2) is 18.6 Å². The zero-order chi connectivity index (χ0) is 19.4. The minimum Gasteiger partial charge on any atom is -0.364 e. The molecule has 3 rings (SSSR count). The molecule has 8 heteroatoms. The standard InChI is InChI=1S/C19H19FN4O2S/c1-13-7-8-14(2)17(11-13)27(25,26)24-19-10-9-18(22-23-19)21-12-15-5-3-4-6-16(15)20/h3-11H,12H2,1-2H3,(H,21,22)(H,23,24). The average molecular weight is 386 g/mol. The van der Waals surface area contributed by atoms with Crippen LogP contribution in [0, 0.1) is 19.7 Å². The van der Waals surface area contributed by atoms with E-state index in [1.165, 1.54) is 12.1 Å². The zero-order valence-electron chi connectivity index (χ0n) is 14.9. The summed E-state index contributed by atoms with van der Waals surface area (Å²) in [5.74, 6) is 0.205. The van der Waals surface area contributed by atoms with Gasteiger partial charge < -0.3 is 5.32 Å². The summed E-state index contributed by atoms with van der Waals surface area (Å²) in [6, 6.07) is 14.7. The minimum atomic E-state index is -3.76. The summed E-state index contributed by atoms with van der Waals surface area (Å²) in [5.41, 5.74) is 1.99. The van der Waals surface area contributed by atoms with Crippen LogP contribution < -0.4 is 10.0 Å². The first-order valence-electron chi connectivity index (χ1n) is 8.26. The molecule has 0 saturated heterocycles. The van der Waals surface area contributed by atoms with Crippen LogP contribution >= 0.6 is 0 Å². The predicted octanol–water partition coefficient (Wildman–Crippen LogP) is 3.65. The number of anilines is 2. The van der Waals surface area contributed by atoms with Crippen molar-refractivity contribution in [2.24, 2.45) is 0 Å². The fraction of sp³-hybridized carbons (Fsp3) is 0.158. The second-order valence-electron chi connectivity index (χ2n) is 6.12. The van der Waals surface area contributed by atoms with Gasteiger partial charge in [0, 0.05) is 12.1 Å². The number of nitrogens with one attached hydrogen (secondary N) is 2. The maximum absolute atomic E-state index is 13.6. The van der Waals surface area contributed by atoms with Gasteiger partial charge in [0.1, 0.15) is 11.6 Å². The SMILES string of the molecule is Cc1ccc(C)c(S(=O)(=O)Nc2ccc(NCc3ccccc3F)nn2)c1. The van der Waals surface area contributed by atoms with E-state index in [0.29, 0.717) is 16.9 Å². The van der Waals surface area contributed by atoms with Crippen LogP contribution in [0.2, 0.25) is 0 Å². The third-order valence-electron chi connectivity index (χ3n) is 3.95. The quantitative estimate of drug-likeness (QED) is 0.676. The summed E-state index contributed by atoms with van der Waals surface area (Å²) in [6.07, 6.45) is 0. The molecule has 0 aliphatic heterocycles. The Morgan fingerprint density at radius 1 is 0.963 bits per heavy atom. The number of nitrogens with zero attached hydrogens (tertiary/aromatic N) is 2. The fourth-order valence-corrected chi connectivity index (χ4v) is 3.83. The lowest BCUT2D eigenvalue weighted by molar-refractivity contribution is 0.600. The molecule has 6 nitrogen and oxygen atoms in total. The van der Waals surface area contributed by atoms with Crippen LogP contribution in [0.4, 0.5) is 16.0 Å². The van der Waals surface area contributed by atoms with Crippen molar-refractivity contribution in [2.45, 2.75) is 25.3 Å². The first kappa shape index (κ1) is 18.8. The van der Waals surface area contributed by atoms with Crippen LogP contribution in [-0.2, 0) is 16.6 Å². The Kier molecular flexibility index (Phi) is 5.36. The molecule has 2 N–H and O–H groups in total. The molecule has 1 heterocycles. The predicted molar refractivity (Wildman–Crippen MR) is 102 cm³/mol. The maximum atomic E-state index is 13.6. The number of halogens is 1. The first-order chi connectivity index (χ1) is 12.8. The van der Waals surface area contributed by atoms with E-state index >= 15 is 0 Å². The highest BCUT2D eigenvalue weighted by Gasteiger charge is 2.18. The van der Waals surface area contributed by atoms with E-state index in [4.69, 9.17) is 0 Å². The number of sulfonamides is 1. The molecular weight excluding hydrogens is 367 g/mol. The van der Waals surface area contributed by atoms with Gasteiger partial charge >= 0.3 is 0 Å². The summed E-state index contributed by atoms with van der Waals surface area (Å²) in [7, 11) is -3.76. The lowest BCUT2D eigenvalue weighted by atomic mass is 10.2. The summed E-state index contributed by atoms with van der Waals surface area (Å²) in [6.45, 7) is 3.80. The van der Waals surface area contributed by atoms with Gasteiger partial charge in [-0.2, -0.15) is 0 Å². The Bertz CT molecular complexity index is 1050. The smallest absolute Gasteiger partial charge is 0.263 e. The molecule has 0 fully saturated rings. The van der Waals surface area contributed by atoms with Gasteiger partial charge in [-0.3, -0.25) is 4.72 Å². The van der Waals surface area contributed by atoms with Crippen LogP contribution in [0.3, 0.4) is 0 Å². The van der Waals surface area contributed by atoms with Gasteiger partial charge in [0.2, 0.25) is 0 Å². The maximum Gasteiger partial charge on any atom is 0.263 e.